The normalized spacial score (nSPS) is 20.3. The first-order chi connectivity index (χ1) is 9.48. The van der Waals surface area contributed by atoms with E-state index < -0.39 is 9.84 Å². The van der Waals surface area contributed by atoms with Gasteiger partial charge in [0.25, 0.3) is 5.91 Å². The van der Waals surface area contributed by atoms with Crippen molar-refractivity contribution in [2.24, 2.45) is 0 Å². The third-order valence-corrected chi connectivity index (χ3v) is 4.73. The summed E-state index contributed by atoms with van der Waals surface area (Å²) < 4.78 is 27.8. The summed E-state index contributed by atoms with van der Waals surface area (Å²) in [5, 5.41) is 2.62. The Balaban J connectivity index is 1.82. The molecule has 0 unspecified atom stereocenters. The second-order valence-electron chi connectivity index (χ2n) is 4.65. The van der Waals surface area contributed by atoms with Crippen LogP contribution in [0.15, 0.2) is 24.3 Å². The number of carbonyl (C=O) groups is 2. The Labute approximate surface area is 117 Å². The minimum Gasteiger partial charge on any atom is -0.484 e. The second kappa shape index (κ2) is 6.04. The summed E-state index contributed by atoms with van der Waals surface area (Å²) in [5.41, 5.74) is 0.463. The highest BCUT2D eigenvalue weighted by Crippen LogP contribution is 2.13. The molecule has 108 valence electrons. The smallest absolute Gasteiger partial charge is 0.258 e. The minimum atomic E-state index is -3.01. The van der Waals surface area contributed by atoms with Gasteiger partial charge in [-0.1, -0.05) is 12.1 Å². The summed E-state index contributed by atoms with van der Waals surface area (Å²) in [5.74, 6) is 0.145. The molecule has 0 spiro atoms. The van der Waals surface area contributed by atoms with Crippen molar-refractivity contribution in [2.75, 3.05) is 18.1 Å². The third-order valence-electron chi connectivity index (χ3n) is 2.96. The first-order valence-electron chi connectivity index (χ1n) is 6.16. The second-order valence-corrected chi connectivity index (χ2v) is 6.88. The highest BCUT2D eigenvalue weighted by atomic mass is 32.2. The van der Waals surface area contributed by atoms with Gasteiger partial charge in [-0.3, -0.25) is 9.59 Å². The van der Waals surface area contributed by atoms with Crippen LogP contribution in [0.3, 0.4) is 0 Å². The molecular weight excluding hydrogens is 282 g/mol. The van der Waals surface area contributed by atoms with Gasteiger partial charge in [0.2, 0.25) is 0 Å². The van der Waals surface area contributed by atoms with Crippen molar-refractivity contribution in [1.29, 1.82) is 0 Å². The number of ether oxygens (including phenoxy) is 1. The highest BCUT2D eigenvalue weighted by Gasteiger charge is 2.28. The molecule has 0 saturated carbocycles. The number of benzene rings is 1. The molecule has 1 atom stereocenters. The van der Waals surface area contributed by atoms with E-state index in [9.17, 15) is 18.0 Å². The fraction of sp³-hybridized carbons (Fsp3) is 0.385. The number of sulfone groups is 1. The number of hydrogen-bond donors (Lipinski definition) is 1. The number of rotatable bonds is 5. The molecule has 20 heavy (non-hydrogen) atoms. The summed E-state index contributed by atoms with van der Waals surface area (Å²) in [4.78, 5) is 22.2. The lowest BCUT2D eigenvalue weighted by Crippen LogP contribution is -2.38. The number of nitrogens with one attached hydrogen (secondary N) is 1. The summed E-state index contributed by atoms with van der Waals surface area (Å²) >= 11 is 0. The van der Waals surface area contributed by atoms with Crippen molar-refractivity contribution in [3.05, 3.63) is 29.8 Å². The SMILES string of the molecule is O=Cc1cccc(OCC(=O)N[C@H]2CCS(=O)(=O)C2)c1. The van der Waals surface area contributed by atoms with Gasteiger partial charge in [-0.25, -0.2) is 8.42 Å². The van der Waals surface area contributed by atoms with E-state index in [4.69, 9.17) is 4.74 Å². The summed E-state index contributed by atoms with van der Waals surface area (Å²) in [6.45, 7) is -0.209. The number of aldehydes is 1. The largest absolute Gasteiger partial charge is 0.484 e. The van der Waals surface area contributed by atoms with Crippen molar-refractivity contribution in [3.8, 4) is 5.75 Å². The van der Waals surface area contributed by atoms with Crippen molar-refractivity contribution < 1.29 is 22.7 Å². The Hall–Kier alpha value is -1.89. The summed E-state index contributed by atoms with van der Waals surface area (Å²) in [6.07, 6.45) is 1.13. The predicted molar refractivity (Wildman–Crippen MR) is 72.5 cm³/mol. The molecule has 0 aliphatic carbocycles. The molecule has 0 radical (unpaired) electrons. The molecule has 1 saturated heterocycles. The maximum Gasteiger partial charge on any atom is 0.258 e. The Morgan fingerprint density at radius 2 is 2.25 bits per heavy atom. The molecule has 1 aromatic carbocycles. The van der Waals surface area contributed by atoms with Crippen LogP contribution in [0.2, 0.25) is 0 Å². The molecule has 1 aliphatic rings. The van der Waals surface area contributed by atoms with E-state index in [1.54, 1.807) is 18.2 Å². The van der Waals surface area contributed by atoms with E-state index in [0.717, 1.165) is 0 Å². The van der Waals surface area contributed by atoms with Gasteiger partial charge in [0.1, 0.15) is 12.0 Å². The highest BCUT2D eigenvalue weighted by molar-refractivity contribution is 7.91. The number of amides is 1. The Morgan fingerprint density at radius 1 is 1.45 bits per heavy atom. The molecule has 6 nitrogen and oxygen atoms in total. The van der Waals surface area contributed by atoms with Gasteiger partial charge < -0.3 is 10.1 Å². The van der Waals surface area contributed by atoms with Crippen LogP contribution in [0.1, 0.15) is 16.8 Å². The third kappa shape index (κ3) is 4.06. The average molecular weight is 297 g/mol. The van der Waals surface area contributed by atoms with Crippen LogP contribution in [0, 0.1) is 0 Å². The van der Waals surface area contributed by atoms with Crippen LogP contribution >= 0.6 is 0 Å². The van der Waals surface area contributed by atoms with Crippen LogP contribution in [0.4, 0.5) is 0 Å². The Bertz CT molecular complexity index is 611. The minimum absolute atomic E-state index is 0.0145. The molecule has 1 fully saturated rings. The zero-order valence-corrected chi connectivity index (χ0v) is 11.6. The molecule has 1 aliphatic heterocycles. The van der Waals surface area contributed by atoms with E-state index in [-0.39, 0.29) is 30.1 Å². The first kappa shape index (κ1) is 14.5. The van der Waals surface area contributed by atoms with E-state index in [1.807, 2.05) is 0 Å². The molecule has 7 heteroatoms. The summed E-state index contributed by atoms with van der Waals surface area (Å²) in [7, 11) is -3.01. The zero-order valence-electron chi connectivity index (χ0n) is 10.7. The van der Waals surface area contributed by atoms with E-state index in [0.29, 0.717) is 24.0 Å². The molecule has 1 amide bonds. The lowest BCUT2D eigenvalue weighted by molar-refractivity contribution is -0.123. The first-order valence-corrected chi connectivity index (χ1v) is 7.98. The van der Waals surface area contributed by atoms with Crippen molar-refractivity contribution in [2.45, 2.75) is 12.5 Å². The van der Waals surface area contributed by atoms with E-state index in [2.05, 4.69) is 5.32 Å². The van der Waals surface area contributed by atoms with Gasteiger partial charge in [-0.05, 0) is 18.6 Å². The fourth-order valence-corrected chi connectivity index (χ4v) is 3.68. The van der Waals surface area contributed by atoms with Gasteiger partial charge in [0.15, 0.2) is 16.4 Å². The van der Waals surface area contributed by atoms with Crippen LogP contribution in [0.5, 0.6) is 5.75 Å². The molecule has 1 N–H and O–H groups in total. The molecule has 0 bridgehead atoms. The maximum absolute atomic E-state index is 11.6. The van der Waals surface area contributed by atoms with Crippen LogP contribution in [-0.4, -0.2) is 44.8 Å². The Morgan fingerprint density at radius 3 is 2.90 bits per heavy atom. The lowest BCUT2D eigenvalue weighted by atomic mass is 10.2. The number of carbonyl (C=O) groups excluding carboxylic acids is 2. The number of hydrogen-bond acceptors (Lipinski definition) is 5. The van der Waals surface area contributed by atoms with E-state index in [1.165, 1.54) is 6.07 Å². The zero-order chi connectivity index (χ0) is 14.6. The van der Waals surface area contributed by atoms with Crippen LogP contribution in [0.25, 0.3) is 0 Å². The van der Waals surface area contributed by atoms with Gasteiger partial charge in [-0.2, -0.15) is 0 Å². The summed E-state index contributed by atoms with van der Waals surface area (Å²) in [6, 6.07) is 6.11. The van der Waals surface area contributed by atoms with Gasteiger partial charge >= 0.3 is 0 Å². The molecular formula is C13H15NO5S. The van der Waals surface area contributed by atoms with Crippen LogP contribution in [-0.2, 0) is 14.6 Å². The molecule has 1 aromatic rings. The van der Waals surface area contributed by atoms with Crippen LogP contribution < -0.4 is 10.1 Å². The lowest BCUT2D eigenvalue weighted by Gasteiger charge is -2.11. The fourth-order valence-electron chi connectivity index (χ4n) is 2.00. The van der Waals surface area contributed by atoms with Crippen molar-refractivity contribution in [3.63, 3.8) is 0 Å². The van der Waals surface area contributed by atoms with E-state index >= 15 is 0 Å². The predicted octanol–water partition coefficient (Wildman–Crippen LogP) is 0.181. The van der Waals surface area contributed by atoms with Crippen molar-refractivity contribution in [1.82, 2.24) is 5.32 Å². The molecule has 2 rings (SSSR count). The van der Waals surface area contributed by atoms with Gasteiger partial charge in [0, 0.05) is 11.6 Å². The van der Waals surface area contributed by atoms with Gasteiger partial charge in [-0.15, -0.1) is 0 Å². The standard InChI is InChI=1S/C13H15NO5S/c15-7-10-2-1-3-12(6-10)19-8-13(16)14-11-4-5-20(17,18)9-11/h1-3,6-7,11H,4-5,8-9H2,(H,14,16)/t11-/m0/s1. The van der Waals surface area contributed by atoms with Crippen molar-refractivity contribution >= 4 is 22.0 Å². The average Bonchev–Trinajstić information content (AvgIpc) is 2.76. The Kier molecular flexibility index (Phi) is 4.39. The van der Waals surface area contributed by atoms with Gasteiger partial charge in [0.05, 0.1) is 11.5 Å². The maximum atomic E-state index is 11.6. The monoisotopic (exact) mass is 297 g/mol. The quantitative estimate of drug-likeness (QED) is 0.783. The molecule has 1 heterocycles. The topological polar surface area (TPSA) is 89.5 Å². The molecule has 0 aromatic heterocycles.